The molecule has 24 heavy (non-hydrogen) atoms. The highest BCUT2D eigenvalue weighted by Gasteiger charge is 2.35. The van der Waals surface area contributed by atoms with E-state index < -0.39 is 0 Å². The van der Waals surface area contributed by atoms with Gasteiger partial charge >= 0.3 is 0 Å². The zero-order valence-electron chi connectivity index (χ0n) is 12.8. The van der Waals surface area contributed by atoms with Gasteiger partial charge in [-0.15, -0.1) is 11.3 Å². The minimum Gasteiger partial charge on any atom is -0.381 e. The van der Waals surface area contributed by atoms with E-state index in [-0.39, 0.29) is 11.3 Å². The van der Waals surface area contributed by atoms with Gasteiger partial charge in [0.25, 0.3) is 5.91 Å². The van der Waals surface area contributed by atoms with E-state index in [4.69, 9.17) is 16.3 Å². The predicted molar refractivity (Wildman–Crippen MR) is 105 cm³/mol. The lowest BCUT2D eigenvalue weighted by Gasteiger charge is -2.38. The second-order valence-corrected chi connectivity index (χ2v) is 9.48. The van der Waals surface area contributed by atoms with E-state index in [2.05, 4.69) is 43.2 Å². The molecule has 1 aliphatic rings. The predicted octanol–water partition coefficient (Wildman–Crippen LogP) is 5.40. The largest absolute Gasteiger partial charge is 0.381 e. The molecule has 1 aliphatic heterocycles. The molecule has 0 saturated carbocycles. The molecule has 0 radical (unpaired) electrons. The summed E-state index contributed by atoms with van der Waals surface area (Å²) in [6.45, 7) is 1.96. The summed E-state index contributed by atoms with van der Waals surface area (Å²) >= 11 is 14.4. The first-order chi connectivity index (χ1) is 11.5. The van der Waals surface area contributed by atoms with Crippen LogP contribution < -0.4 is 5.32 Å². The van der Waals surface area contributed by atoms with Crippen molar-refractivity contribution in [2.45, 2.75) is 18.3 Å². The van der Waals surface area contributed by atoms with Gasteiger partial charge in [-0.3, -0.25) is 4.79 Å². The van der Waals surface area contributed by atoms with Gasteiger partial charge in [-0.1, -0.05) is 23.7 Å². The smallest absolute Gasteiger partial charge is 0.261 e. The zero-order chi connectivity index (χ0) is 17.2. The van der Waals surface area contributed by atoms with Gasteiger partial charge in [0.2, 0.25) is 0 Å². The Kier molecular flexibility index (Phi) is 6.03. The number of hydrogen-bond acceptors (Lipinski definition) is 3. The van der Waals surface area contributed by atoms with Gasteiger partial charge in [0.1, 0.15) is 0 Å². The van der Waals surface area contributed by atoms with Gasteiger partial charge in [-0.2, -0.15) is 0 Å². The number of hydrogen-bond donors (Lipinski definition) is 1. The maximum atomic E-state index is 12.5. The highest BCUT2D eigenvalue weighted by molar-refractivity contribution is 9.13. The van der Waals surface area contributed by atoms with E-state index in [1.807, 2.05) is 24.3 Å². The molecule has 0 atom stereocenters. The third kappa shape index (κ3) is 4.05. The van der Waals surface area contributed by atoms with Crippen LogP contribution in [0, 0.1) is 0 Å². The third-order valence-electron chi connectivity index (χ3n) is 4.34. The van der Waals surface area contributed by atoms with Crippen LogP contribution in [-0.4, -0.2) is 25.7 Å². The van der Waals surface area contributed by atoms with E-state index in [0.717, 1.165) is 31.7 Å². The fourth-order valence-electron chi connectivity index (χ4n) is 2.94. The number of rotatable bonds is 4. The molecule has 1 N–H and O–H groups in total. The molecule has 1 fully saturated rings. The number of carbonyl (C=O) groups is 1. The van der Waals surface area contributed by atoms with E-state index in [9.17, 15) is 4.79 Å². The van der Waals surface area contributed by atoms with Crippen LogP contribution in [0.1, 0.15) is 28.1 Å². The Morgan fingerprint density at radius 3 is 2.67 bits per heavy atom. The number of carbonyl (C=O) groups excluding carboxylic acids is 1. The monoisotopic (exact) mass is 491 g/mol. The number of thiophene rings is 1. The van der Waals surface area contributed by atoms with Crippen molar-refractivity contribution in [1.82, 2.24) is 5.32 Å². The van der Waals surface area contributed by atoms with E-state index in [1.165, 1.54) is 11.3 Å². The second kappa shape index (κ2) is 7.87. The number of ether oxygens (including phenoxy) is 1. The average molecular weight is 494 g/mol. The lowest BCUT2D eigenvalue weighted by molar-refractivity contribution is 0.0487. The molecule has 3 rings (SSSR count). The van der Waals surface area contributed by atoms with E-state index in [0.29, 0.717) is 24.6 Å². The van der Waals surface area contributed by atoms with Crippen molar-refractivity contribution >= 4 is 60.7 Å². The van der Waals surface area contributed by atoms with Crippen molar-refractivity contribution in [3.63, 3.8) is 0 Å². The topological polar surface area (TPSA) is 38.3 Å². The van der Waals surface area contributed by atoms with Crippen molar-refractivity contribution in [1.29, 1.82) is 0 Å². The molecule has 128 valence electrons. The highest BCUT2D eigenvalue weighted by atomic mass is 79.9. The van der Waals surface area contributed by atoms with Crippen molar-refractivity contribution < 1.29 is 9.53 Å². The van der Waals surface area contributed by atoms with Gasteiger partial charge in [0.15, 0.2) is 0 Å². The highest BCUT2D eigenvalue weighted by Crippen LogP contribution is 2.36. The molecular weight excluding hydrogens is 478 g/mol. The SMILES string of the molecule is O=C(NCC1(c2cccc(Cl)c2)CCOCC1)c1cc(Br)c(Br)s1. The third-order valence-corrected chi connectivity index (χ3v) is 7.83. The summed E-state index contributed by atoms with van der Waals surface area (Å²) in [5.74, 6) is -0.0562. The molecule has 1 aromatic carbocycles. The summed E-state index contributed by atoms with van der Waals surface area (Å²) in [4.78, 5) is 13.2. The van der Waals surface area contributed by atoms with Crippen LogP contribution in [-0.2, 0) is 10.2 Å². The van der Waals surface area contributed by atoms with Gasteiger partial charge in [-0.25, -0.2) is 0 Å². The number of halogens is 3. The lowest BCUT2D eigenvalue weighted by atomic mass is 9.74. The summed E-state index contributed by atoms with van der Waals surface area (Å²) in [6, 6.07) is 9.75. The maximum absolute atomic E-state index is 12.5. The van der Waals surface area contributed by atoms with Crippen molar-refractivity contribution in [2.24, 2.45) is 0 Å². The van der Waals surface area contributed by atoms with Crippen molar-refractivity contribution in [3.05, 3.63) is 54.1 Å². The molecular formula is C17H16Br2ClNO2S. The van der Waals surface area contributed by atoms with E-state index in [1.54, 1.807) is 0 Å². The minimum atomic E-state index is -0.134. The number of benzene rings is 1. The minimum absolute atomic E-state index is 0.0562. The van der Waals surface area contributed by atoms with Crippen LogP contribution in [0.25, 0.3) is 0 Å². The van der Waals surface area contributed by atoms with Crippen LogP contribution in [0.15, 0.2) is 38.6 Å². The lowest BCUT2D eigenvalue weighted by Crippen LogP contribution is -2.44. The van der Waals surface area contributed by atoms with Crippen molar-refractivity contribution in [3.8, 4) is 0 Å². The Morgan fingerprint density at radius 1 is 1.29 bits per heavy atom. The Bertz CT molecular complexity index is 724. The molecule has 1 amide bonds. The molecule has 0 spiro atoms. The second-order valence-electron chi connectivity index (χ2n) is 5.82. The summed E-state index contributed by atoms with van der Waals surface area (Å²) in [5.41, 5.74) is 1.02. The molecule has 0 bridgehead atoms. The summed E-state index contributed by atoms with van der Waals surface area (Å²) < 4.78 is 7.35. The summed E-state index contributed by atoms with van der Waals surface area (Å²) in [6.07, 6.45) is 1.73. The standard InChI is InChI=1S/C17H16Br2ClNO2S/c18-13-9-14(24-15(13)19)16(22)21-10-17(4-6-23-7-5-17)11-2-1-3-12(20)8-11/h1-3,8-9H,4-7,10H2,(H,21,22). The molecule has 0 aliphatic carbocycles. The van der Waals surface area contributed by atoms with Gasteiger partial charge in [0, 0.05) is 34.7 Å². The Labute approximate surface area is 167 Å². The van der Waals surface area contributed by atoms with Crippen LogP contribution in [0.4, 0.5) is 0 Å². The van der Waals surface area contributed by atoms with Crippen LogP contribution in [0.3, 0.4) is 0 Å². The summed E-state index contributed by atoms with van der Waals surface area (Å²) in [5, 5.41) is 3.82. The molecule has 1 aromatic heterocycles. The average Bonchev–Trinajstić information content (AvgIpc) is 2.93. The quantitative estimate of drug-likeness (QED) is 0.619. The molecule has 3 nitrogen and oxygen atoms in total. The molecule has 7 heteroatoms. The zero-order valence-corrected chi connectivity index (χ0v) is 17.5. The van der Waals surface area contributed by atoms with Gasteiger partial charge in [0.05, 0.1) is 8.66 Å². The first-order valence-corrected chi connectivity index (χ1v) is 10.4. The van der Waals surface area contributed by atoms with E-state index >= 15 is 0 Å². The van der Waals surface area contributed by atoms with Crippen LogP contribution in [0.2, 0.25) is 5.02 Å². The maximum Gasteiger partial charge on any atom is 0.261 e. The van der Waals surface area contributed by atoms with Crippen molar-refractivity contribution in [2.75, 3.05) is 19.8 Å². The van der Waals surface area contributed by atoms with Gasteiger partial charge in [-0.05, 0) is 68.5 Å². The van der Waals surface area contributed by atoms with Crippen LogP contribution >= 0.6 is 54.8 Å². The van der Waals surface area contributed by atoms with Crippen LogP contribution in [0.5, 0.6) is 0 Å². The normalized spacial score (nSPS) is 16.8. The summed E-state index contributed by atoms with van der Waals surface area (Å²) in [7, 11) is 0. The number of nitrogens with one attached hydrogen (secondary N) is 1. The fourth-order valence-corrected chi connectivity index (χ4v) is 5.09. The molecule has 0 unspecified atom stereocenters. The first kappa shape index (κ1) is 18.4. The van der Waals surface area contributed by atoms with Gasteiger partial charge < -0.3 is 10.1 Å². The first-order valence-electron chi connectivity index (χ1n) is 7.57. The Balaban J connectivity index is 1.79. The Hall–Kier alpha value is -0.400. The molecule has 1 saturated heterocycles. The Morgan fingerprint density at radius 2 is 2.04 bits per heavy atom. The molecule has 2 aromatic rings. The number of amides is 1. The molecule has 2 heterocycles. The fraction of sp³-hybridized carbons (Fsp3) is 0.353.